The number of anilines is 1. The van der Waals surface area contributed by atoms with E-state index in [1.807, 2.05) is 37.3 Å². The number of para-hydroxylation sites is 1. The summed E-state index contributed by atoms with van der Waals surface area (Å²) < 4.78 is 7.09. The van der Waals surface area contributed by atoms with Gasteiger partial charge in [0, 0.05) is 11.6 Å². The highest BCUT2D eigenvalue weighted by molar-refractivity contribution is 6.30. The lowest BCUT2D eigenvalue weighted by molar-refractivity contribution is -0.123. The predicted octanol–water partition coefficient (Wildman–Crippen LogP) is 3.42. The minimum atomic E-state index is -0.223. The normalized spacial score (nSPS) is 10.4. The van der Waals surface area contributed by atoms with Gasteiger partial charge < -0.3 is 15.8 Å². The van der Waals surface area contributed by atoms with Crippen LogP contribution in [-0.4, -0.2) is 28.8 Å². The number of hydrogen-bond donors (Lipinski definition) is 2. The first-order chi connectivity index (χ1) is 14.5. The number of amides is 1. The standard InChI is InChI=1S/C22H22ClN5O2/c1-15-12-16(23)9-10-20(15)30-14-21(29)26-11-5-8-19-18(13-24)22(25)28(27-19)17-6-3-2-4-7-17/h2-4,6-7,9-10,12H,5,8,11,14,25H2,1H3,(H,26,29). The molecule has 30 heavy (non-hydrogen) atoms. The van der Waals surface area contributed by atoms with Gasteiger partial charge in [-0.05, 0) is 55.7 Å². The Morgan fingerprint density at radius 3 is 2.77 bits per heavy atom. The van der Waals surface area contributed by atoms with E-state index in [4.69, 9.17) is 22.1 Å². The Morgan fingerprint density at radius 1 is 1.30 bits per heavy atom. The number of carbonyl (C=O) groups is 1. The summed E-state index contributed by atoms with van der Waals surface area (Å²) in [6, 6.07) is 16.8. The molecule has 0 fully saturated rings. The quantitative estimate of drug-likeness (QED) is 0.540. The van der Waals surface area contributed by atoms with Gasteiger partial charge in [-0.25, -0.2) is 4.68 Å². The number of aryl methyl sites for hydroxylation is 2. The maximum atomic E-state index is 12.0. The average Bonchev–Trinajstić information content (AvgIpc) is 3.06. The number of rotatable bonds is 8. The summed E-state index contributed by atoms with van der Waals surface area (Å²) in [4.78, 5) is 12.0. The molecule has 1 amide bonds. The lowest BCUT2D eigenvalue weighted by atomic mass is 10.1. The van der Waals surface area contributed by atoms with Crippen LogP contribution in [0.15, 0.2) is 48.5 Å². The number of benzene rings is 2. The van der Waals surface area contributed by atoms with Crippen LogP contribution >= 0.6 is 11.6 Å². The molecule has 3 aromatic rings. The molecule has 3 N–H and O–H groups in total. The molecule has 154 valence electrons. The van der Waals surface area contributed by atoms with Crippen LogP contribution in [0.5, 0.6) is 5.75 Å². The fraction of sp³-hybridized carbons (Fsp3) is 0.227. The van der Waals surface area contributed by atoms with Crippen molar-refractivity contribution in [1.29, 1.82) is 5.26 Å². The van der Waals surface area contributed by atoms with Crippen molar-refractivity contribution < 1.29 is 9.53 Å². The van der Waals surface area contributed by atoms with Crippen molar-refractivity contribution in [2.45, 2.75) is 19.8 Å². The fourth-order valence-corrected chi connectivity index (χ4v) is 3.22. The molecule has 0 unspecified atom stereocenters. The Morgan fingerprint density at radius 2 is 2.07 bits per heavy atom. The van der Waals surface area contributed by atoms with Crippen LogP contribution in [0.2, 0.25) is 5.02 Å². The zero-order valence-corrected chi connectivity index (χ0v) is 17.3. The Bertz CT molecular complexity index is 1070. The van der Waals surface area contributed by atoms with Crippen molar-refractivity contribution in [3.8, 4) is 17.5 Å². The van der Waals surface area contributed by atoms with Crippen LogP contribution < -0.4 is 15.8 Å². The highest BCUT2D eigenvalue weighted by Gasteiger charge is 2.16. The van der Waals surface area contributed by atoms with Gasteiger partial charge in [0.25, 0.3) is 5.91 Å². The lowest BCUT2D eigenvalue weighted by Crippen LogP contribution is -2.30. The lowest BCUT2D eigenvalue weighted by Gasteiger charge is -2.09. The van der Waals surface area contributed by atoms with Gasteiger partial charge in [0.05, 0.1) is 11.4 Å². The van der Waals surface area contributed by atoms with Crippen LogP contribution in [0, 0.1) is 18.3 Å². The minimum Gasteiger partial charge on any atom is -0.484 e. The van der Waals surface area contributed by atoms with E-state index in [0.29, 0.717) is 47.2 Å². The Balaban J connectivity index is 1.50. The van der Waals surface area contributed by atoms with Crippen LogP contribution in [0.25, 0.3) is 5.69 Å². The maximum absolute atomic E-state index is 12.0. The van der Waals surface area contributed by atoms with E-state index in [2.05, 4.69) is 16.5 Å². The highest BCUT2D eigenvalue weighted by atomic mass is 35.5. The van der Waals surface area contributed by atoms with Gasteiger partial charge >= 0.3 is 0 Å². The van der Waals surface area contributed by atoms with Gasteiger partial charge in [0.2, 0.25) is 0 Å². The zero-order chi connectivity index (χ0) is 21.5. The summed E-state index contributed by atoms with van der Waals surface area (Å²) in [7, 11) is 0. The number of halogens is 1. The molecule has 3 rings (SSSR count). The van der Waals surface area contributed by atoms with Crippen LogP contribution in [0.4, 0.5) is 5.82 Å². The number of nitriles is 1. The summed E-state index contributed by atoms with van der Waals surface area (Å²) in [5, 5.41) is 17.4. The number of carbonyl (C=O) groups excluding carboxylic acids is 1. The van der Waals surface area contributed by atoms with Crippen molar-refractivity contribution in [2.75, 3.05) is 18.9 Å². The predicted molar refractivity (Wildman–Crippen MR) is 116 cm³/mol. The molecular formula is C22H22ClN5O2. The summed E-state index contributed by atoms with van der Waals surface area (Å²) >= 11 is 5.91. The molecule has 0 aliphatic rings. The molecule has 2 aromatic carbocycles. The molecule has 0 aliphatic heterocycles. The van der Waals surface area contributed by atoms with Crippen molar-refractivity contribution in [2.24, 2.45) is 0 Å². The molecule has 0 spiro atoms. The number of nitrogens with one attached hydrogen (secondary N) is 1. The van der Waals surface area contributed by atoms with Gasteiger partial charge in [-0.1, -0.05) is 29.8 Å². The van der Waals surface area contributed by atoms with Gasteiger partial charge in [-0.2, -0.15) is 10.4 Å². The van der Waals surface area contributed by atoms with Crippen molar-refractivity contribution in [3.05, 3.63) is 70.4 Å². The zero-order valence-electron chi connectivity index (χ0n) is 16.6. The SMILES string of the molecule is Cc1cc(Cl)ccc1OCC(=O)NCCCc1nn(-c2ccccc2)c(N)c1C#N. The van der Waals surface area contributed by atoms with Crippen molar-refractivity contribution in [3.63, 3.8) is 0 Å². The molecule has 8 heteroatoms. The third kappa shape index (κ3) is 5.10. The summed E-state index contributed by atoms with van der Waals surface area (Å²) in [6.45, 7) is 2.22. The summed E-state index contributed by atoms with van der Waals surface area (Å²) in [5.74, 6) is 0.712. The number of nitrogens with two attached hydrogens (primary N) is 1. The third-order valence-corrected chi connectivity index (χ3v) is 4.75. The first kappa shape index (κ1) is 21.2. The van der Waals surface area contributed by atoms with Crippen LogP contribution in [0.3, 0.4) is 0 Å². The minimum absolute atomic E-state index is 0.0818. The number of ether oxygens (including phenoxy) is 1. The van der Waals surface area contributed by atoms with Crippen LogP contribution in [0.1, 0.15) is 23.2 Å². The molecule has 1 aromatic heterocycles. The smallest absolute Gasteiger partial charge is 0.257 e. The second kappa shape index (κ2) is 9.81. The number of nitrogens with zero attached hydrogens (tertiary/aromatic N) is 3. The largest absolute Gasteiger partial charge is 0.484 e. The van der Waals surface area contributed by atoms with Gasteiger partial charge in [0.1, 0.15) is 23.2 Å². The van der Waals surface area contributed by atoms with Gasteiger partial charge in [0.15, 0.2) is 6.61 Å². The molecule has 1 heterocycles. The van der Waals surface area contributed by atoms with E-state index in [1.165, 1.54) is 0 Å². The van der Waals surface area contributed by atoms with Crippen molar-refractivity contribution in [1.82, 2.24) is 15.1 Å². The molecule has 0 atom stereocenters. The van der Waals surface area contributed by atoms with E-state index >= 15 is 0 Å². The van der Waals surface area contributed by atoms with Gasteiger partial charge in [-0.3, -0.25) is 4.79 Å². The molecule has 0 saturated heterocycles. The third-order valence-electron chi connectivity index (χ3n) is 4.51. The summed E-state index contributed by atoms with van der Waals surface area (Å²) in [6.07, 6.45) is 1.13. The van der Waals surface area contributed by atoms with E-state index < -0.39 is 0 Å². The molecule has 0 saturated carbocycles. The Kier molecular flexibility index (Phi) is 6.94. The van der Waals surface area contributed by atoms with Crippen molar-refractivity contribution >= 4 is 23.3 Å². The Hall–Kier alpha value is -3.50. The second-order valence-electron chi connectivity index (χ2n) is 6.72. The van der Waals surface area contributed by atoms with E-state index in [0.717, 1.165) is 11.3 Å². The Labute approximate surface area is 180 Å². The molecular weight excluding hydrogens is 402 g/mol. The number of nitrogen functional groups attached to an aromatic ring is 1. The number of hydrogen-bond acceptors (Lipinski definition) is 5. The van der Waals surface area contributed by atoms with Crippen LogP contribution in [-0.2, 0) is 11.2 Å². The van der Waals surface area contributed by atoms with E-state index in [-0.39, 0.29) is 12.5 Å². The topological polar surface area (TPSA) is 106 Å². The van der Waals surface area contributed by atoms with Gasteiger partial charge in [-0.15, -0.1) is 0 Å². The molecule has 7 nitrogen and oxygen atoms in total. The molecule has 0 radical (unpaired) electrons. The first-order valence-corrected chi connectivity index (χ1v) is 9.86. The number of aromatic nitrogens is 2. The highest BCUT2D eigenvalue weighted by Crippen LogP contribution is 2.22. The first-order valence-electron chi connectivity index (χ1n) is 9.48. The average molecular weight is 424 g/mol. The summed E-state index contributed by atoms with van der Waals surface area (Å²) in [5.41, 5.74) is 8.74. The fourth-order valence-electron chi connectivity index (χ4n) is 2.99. The molecule has 0 aliphatic carbocycles. The monoisotopic (exact) mass is 423 g/mol. The maximum Gasteiger partial charge on any atom is 0.257 e. The second-order valence-corrected chi connectivity index (χ2v) is 7.15. The van der Waals surface area contributed by atoms with E-state index in [1.54, 1.807) is 22.9 Å². The van der Waals surface area contributed by atoms with E-state index in [9.17, 15) is 10.1 Å². The molecule has 0 bridgehead atoms.